The summed E-state index contributed by atoms with van der Waals surface area (Å²) >= 11 is 0. The van der Waals surface area contributed by atoms with Gasteiger partial charge in [-0.3, -0.25) is 19.6 Å². The van der Waals surface area contributed by atoms with Crippen molar-refractivity contribution >= 4 is 17.7 Å². The SMILES string of the molecule is O=c1[nH]c(=O)n(-c2ccccc2)c(O)c1C=C=C(C=Cc1c(O)n(-c2ccccc2)c(=O)[nH]c1=O)c1ccccc1. The van der Waals surface area contributed by atoms with Crippen LogP contribution in [0.4, 0.5) is 0 Å². The highest BCUT2D eigenvalue weighted by Gasteiger charge is 2.15. The molecule has 2 aromatic heterocycles. The average Bonchev–Trinajstić information content (AvgIpc) is 2.97. The smallest absolute Gasteiger partial charge is 0.335 e. The summed E-state index contributed by atoms with van der Waals surface area (Å²) in [5, 5.41) is 21.7. The van der Waals surface area contributed by atoms with Crippen LogP contribution in [-0.4, -0.2) is 29.3 Å². The van der Waals surface area contributed by atoms with Crippen LogP contribution in [0.1, 0.15) is 16.7 Å². The summed E-state index contributed by atoms with van der Waals surface area (Å²) in [6.45, 7) is 0. The third kappa shape index (κ3) is 5.40. The number of hydrogen-bond acceptors (Lipinski definition) is 6. The van der Waals surface area contributed by atoms with Gasteiger partial charge >= 0.3 is 11.4 Å². The number of nitrogens with zero attached hydrogens (tertiary/aromatic N) is 2. The summed E-state index contributed by atoms with van der Waals surface area (Å²) in [5.41, 5.74) is 0.947. The Hall–Kier alpha value is -6.12. The molecular formula is C31H22N4O6. The molecule has 202 valence electrons. The number of nitrogens with one attached hydrogen (secondary N) is 2. The van der Waals surface area contributed by atoms with E-state index in [4.69, 9.17) is 0 Å². The second-order valence-corrected chi connectivity index (χ2v) is 8.74. The molecule has 0 saturated carbocycles. The number of para-hydroxylation sites is 2. The van der Waals surface area contributed by atoms with Crippen molar-refractivity contribution in [2.24, 2.45) is 0 Å². The van der Waals surface area contributed by atoms with E-state index >= 15 is 0 Å². The van der Waals surface area contributed by atoms with Gasteiger partial charge in [0, 0.05) is 5.57 Å². The third-order valence-electron chi connectivity index (χ3n) is 6.14. The first-order chi connectivity index (χ1) is 19.8. The molecule has 3 aromatic carbocycles. The van der Waals surface area contributed by atoms with E-state index in [2.05, 4.69) is 15.7 Å². The largest absolute Gasteiger partial charge is 0.494 e. The minimum absolute atomic E-state index is 0.193. The van der Waals surface area contributed by atoms with Crippen LogP contribution in [0.5, 0.6) is 11.8 Å². The fourth-order valence-corrected chi connectivity index (χ4v) is 4.15. The number of rotatable bonds is 6. The van der Waals surface area contributed by atoms with E-state index in [1.54, 1.807) is 91.0 Å². The van der Waals surface area contributed by atoms with Crippen molar-refractivity contribution in [3.63, 3.8) is 0 Å². The Morgan fingerprint density at radius 2 is 1.07 bits per heavy atom. The number of H-pyrrole nitrogens is 2. The summed E-state index contributed by atoms with van der Waals surface area (Å²) in [7, 11) is 0. The lowest BCUT2D eigenvalue weighted by atomic mass is 10.0. The molecule has 0 aliphatic rings. The third-order valence-corrected chi connectivity index (χ3v) is 6.14. The van der Waals surface area contributed by atoms with Gasteiger partial charge < -0.3 is 10.2 Å². The van der Waals surface area contributed by atoms with Crippen molar-refractivity contribution in [1.82, 2.24) is 19.1 Å². The second-order valence-electron chi connectivity index (χ2n) is 8.74. The van der Waals surface area contributed by atoms with Crippen molar-refractivity contribution in [3.05, 3.63) is 161 Å². The monoisotopic (exact) mass is 546 g/mol. The molecule has 2 heterocycles. The molecule has 0 spiro atoms. The van der Waals surface area contributed by atoms with Crippen LogP contribution >= 0.6 is 0 Å². The highest BCUT2D eigenvalue weighted by atomic mass is 16.3. The van der Waals surface area contributed by atoms with Crippen LogP contribution in [-0.2, 0) is 0 Å². The van der Waals surface area contributed by atoms with E-state index in [9.17, 15) is 29.4 Å². The fraction of sp³-hybridized carbons (Fsp3) is 0. The predicted molar refractivity (Wildman–Crippen MR) is 156 cm³/mol. The topological polar surface area (TPSA) is 150 Å². The lowest BCUT2D eigenvalue weighted by molar-refractivity contribution is 0.429. The van der Waals surface area contributed by atoms with Crippen LogP contribution in [0.2, 0.25) is 0 Å². The summed E-state index contributed by atoms with van der Waals surface area (Å²) in [6.07, 6.45) is 3.99. The lowest BCUT2D eigenvalue weighted by Gasteiger charge is -2.09. The van der Waals surface area contributed by atoms with Gasteiger partial charge in [0.15, 0.2) is 0 Å². The van der Waals surface area contributed by atoms with E-state index in [-0.39, 0.29) is 11.1 Å². The van der Waals surface area contributed by atoms with Crippen molar-refractivity contribution in [2.45, 2.75) is 0 Å². The number of aromatic nitrogens is 4. The zero-order valence-corrected chi connectivity index (χ0v) is 21.3. The standard InChI is InChI=1S/C31H22N4O6/c36-26-24(28(38)34(30(40)32-26)22-12-6-2-7-13-22)18-16-21(20-10-4-1-5-11-20)17-19-25-27(37)33-31(41)35(29(25)39)23-14-8-3-9-15-23/h1-16,18-19,38-39H,(H,32,36,40)(H,33,37,41). The van der Waals surface area contributed by atoms with E-state index in [0.29, 0.717) is 22.5 Å². The van der Waals surface area contributed by atoms with E-state index in [1.807, 2.05) is 0 Å². The average molecular weight is 547 g/mol. The molecule has 10 heteroatoms. The van der Waals surface area contributed by atoms with Crippen LogP contribution in [0.25, 0.3) is 29.1 Å². The van der Waals surface area contributed by atoms with Crippen molar-refractivity contribution < 1.29 is 10.2 Å². The Morgan fingerprint density at radius 3 is 1.59 bits per heavy atom. The Balaban J connectivity index is 1.67. The Bertz CT molecular complexity index is 2060. The lowest BCUT2D eigenvalue weighted by Crippen LogP contribution is -2.30. The Morgan fingerprint density at radius 1 is 0.634 bits per heavy atom. The van der Waals surface area contributed by atoms with Crippen molar-refractivity contribution in [3.8, 4) is 23.1 Å². The van der Waals surface area contributed by atoms with Gasteiger partial charge in [0.05, 0.1) is 11.4 Å². The highest BCUT2D eigenvalue weighted by molar-refractivity contribution is 5.81. The first kappa shape index (κ1) is 26.5. The molecule has 0 aliphatic carbocycles. The van der Waals surface area contributed by atoms with Gasteiger partial charge in [-0.25, -0.2) is 18.7 Å². The molecule has 0 radical (unpaired) electrons. The molecule has 0 unspecified atom stereocenters. The quantitative estimate of drug-likeness (QED) is 0.190. The Labute approximate surface area is 231 Å². The maximum absolute atomic E-state index is 12.6. The zero-order chi connectivity index (χ0) is 28.9. The summed E-state index contributed by atoms with van der Waals surface area (Å²) in [6, 6.07) is 25.5. The number of aromatic hydroxyl groups is 2. The first-order valence-electron chi connectivity index (χ1n) is 12.3. The number of hydrogen-bond donors (Lipinski definition) is 4. The fourth-order valence-electron chi connectivity index (χ4n) is 4.15. The minimum atomic E-state index is -0.826. The second kappa shape index (κ2) is 11.3. The molecule has 4 N–H and O–H groups in total. The molecule has 0 saturated heterocycles. The van der Waals surface area contributed by atoms with Gasteiger partial charge in [-0.2, -0.15) is 0 Å². The molecular weight excluding hydrogens is 524 g/mol. The maximum atomic E-state index is 12.6. The van der Waals surface area contributed by atoms with Crippen molar-refractivity contribution in [1.29, 1.82) is 0 Å². The highest BCUT2D eigenvalue weighted by Crippen LogP contribution is 2.22. The Kier molecular flexibility index (Phi) is 7.31. The van der Waals surface area contributed by atoms with Gasteiger partial charge in [-0.05, 0) is 48.1 Å². The molecule has 41 heavy (non-hydrogen) atoms. The van der Waals surface area contributed by atoms with Crippen LogP contribution in [0.15, 0.2) is 122 Å². The predicted octanol–water partition coefficient (Wildman–Crippen LogP) is 3.19. The van der Waals surface area contributed by atoms with Crippen LogP contribution in [0.3, 0.4) is 0 Å². The van der Waals surface area contributed by atoms with E-state index in [0.717, 1.165) is 9.13 Å². The van der Waals surface area contributed by atoms with E-state index < -0.39 is 34.3 Å². The van der Waals surface area contributed by atoms with Gasteiger partial charge in [0.2, 0.25) is 11.8 Å². The number of benzene rings is 3. The van der Waals surface area contributed by atoms with Gasteiger partial charge in [0.1, 0.15) is 11.1 Å². The van der Waals surface area contributed by atoms with Crippen LogP contribution in [0, 0.1) is 0 Å². The van der Waals surface area contributed by atoms with Crippen LogP contribution < -0.4 is 22.5 Å². The molecule has 5 rings (SSSR count). The van der Waals surface area contributed by atoms with Gasteiger partial charge in [-0.1, -0.05) is 66.7 Å². The molecule has 5 aromatic rings. The van der Waals surface area contributed by atoms with Gasteiger partial charge in [0.25, 0.3) is 11.1 Å². The maximum Gasteiger partial charge on any atom is 0.335 e. The zero-order valence-electron chi connectivity index (χ0n) is 21.3. The molecule has 0 bridgehead atoms. The summed E-state index contributed by atoms with van der Waals surface area (Å²) in [5.74, 6) is -1.15. The molecule has 0 fully saturated rings. The number of allylic oxidation sites excluding steroid dienone is 2. The molecule has 0 aliphatic heterocycles. The first-order valence-corrected chi connectivity index (χ1v) is 12.3. The minimum Gasteiger partial charge on any atom is -0.494 e. The van der Waals surface area contributed by atoms with Gasteiger partial charge in [-0.15, -0.1) is 5.73 Å². The summed E-state index contributed by atoms with van der Waals surface area (Å²) < 4.78 is 1.92. The normalized spacial score (nSPS) is 10.8. The summed E-state index contributed by atoms with van der Waals surface area (Å²) in [4.78, 5) is 54.6. The van der Waals surface area contributed by atoms with Crippen molar-refractivity contribution in [2.75, 3.05) is 0 Å². The molecule has 10 nitrogen and oxygen atoms in total. The van der Waals surface area contributed by atoms with E-state index in [1.165, 1.54) is 18.2 Å². The molecule has 0 amide bonds. The molecule has 0 atom stereocenters. The number of aromatic amines is 2.